The molecule has 0 saturated carbocycles. The van der Waals surface area contributed by atoms with Crippen LogP contribution in [-0.4, -0.2) is 46.6 Å². The van der Waals surface area contributed by atoms with Gasteiger partial charge in [0.05, 0.1) is 0 Å². The predicted molar refractivity (Wildman–Crippen MR) is 69.0 cm³/mol. The molecule has 1 aliphatic rings. The molecule has 1 saturated heterocycles. The second-order valence-corrected chi connectivity index (χ2v) is 5.46. The Balaban J connectivity index is 2.44. The van der Waals surface area contributed by atoms with Gasteiger partial charge in [-0.1, -0.05) is 19.9 Å². The molecule has 16 heavy (non-hydrogen) atoms. The molecule has 0 amide bonds. The smallest absolute Gasteiger partial charge is 0.331 e. The Morgan fingerprint density at radius 3 is 2.88 bits per heavy atom. The maximum atomic E-state index is 10.8. The van der Waals surface area contributed by atoms with Crippen molar-refractivity contribution in [3.05, 3.63) is 11.6 Å². The fourth-order valence-electron chi connectivity index (χ4n) is 1.82. The molecule has 1 aliphatic heterocycles. The number of thioether (sulfide) groups is 1. The third-order valence-electron chi connectivity index (χ3n) is 2.93. The zero-order chi connectivity index (χ0) is 12.0. The summed E-state index contributed by atoms with van der Waals surface area (Å²) in [6.45, 7) is 7.06. The molecule has 92 valence electrons. The Morgan fingerprint density at radius 2 is 2.31 bits per heavy atom. The van der Waals surface area contributed by atoms with Crippen LogP contribution in [0.15, 0.2) is 11.6 Å². The van der Waals surface area contributed by atoms with Gasteiger partial charge in [-0.3, -0.25) is 4.90 Å². The van der Waals surface area contributed by atoms with Gasteiger partial charge in [0, 0.05) is 36.2 Å². The quantitative estimate of drug-likeness (QED) is 0.752. The zero-order valence-electron chi connectivity index (χ0n) is 10.1. The van der Waals surface area contributed by atoms with E-state index < -0.39 is 5.97 Å². The topological polar surface area (TPSA) is 40.5 Å². The molecular weight excluding hydrogens is 222 g/mol. The molecular formula is C12H21NO2S. The molecule has 0 aromatic rings. The third kappa shape index (κ3) is 4.18. The van der Waals surface area contributed by atoms with E-state index in [-0.39, 0.29) is 0 Å². The monoisotopic (exact) mass is 243 g/mol. The predicted octanol–water partition coefficient (Wildman–Crippen LogP) is 2.23. The van der Waals surface area contributed by atoms with Gasteiger partial charge in [0.25, 0.3) is 0 Å². The molecule has 1 rings (SSSR count). The normalized spacial score (nSPS) is 23.4. The first-order valence-corrected chi connectivity index (χ1v) is 6.98. The molecule has 0 radical (unpaired) electrons. The van der Waals surface area contributed by atoms with Crippen molar-refractivity contribution in [2.75, 3.05) is 25.4 Å². The van der Waals surface area contributed by atoms with Crippen LogP contribution in [0.3, 0.4) is 0 Å². The van der Waals surface area contributed by atoms with E-state index in [4.69, 9.17) is 5.11 Å². The van der Waals surface area contributed by atoms with Crippen molar-refractivity contribution in [3.63, 3.8) is 0 Å². The maximum Gasteiger partial charge on any atom is 0.331 e. The first-order valence-electron chi connectivity index (χ1n) is 5.93. The third-order valence-corrected chi connectivity index (χ3v) is 4.30. The van der Waals surface area contributed by atoms with Crippen molar-refractivity contribution in [1.29, 1.82) is 0 Å². The number of carbonyl (C=O) groups is 1. The second-order valence-electron chi connectivity index (χ2n) is 4.05. The van der Waals surface area contributed by atoms with Gasteiger partial charge in [0.15, 0.2) is 0 Å². The lowest BCUT2D eigenvalue weighted by Gasteiger charge is -2.31. The highest BCUT2D eigenvalue weighted by molar-refractivity contribution is 8.00. The average molecular weight is 243 g/mol. The molecule has 0 aromatic heterocycles. The van der Waals surface area contributed by atoms with Crippen LogP contribution in [0.5, 0.6) is 0 Å². The van der Waals surface area contributed by atoms with E-state index >= 15 is 0 Å². The van der Waals surface area contributed by atoms with E-state index in [1.54, 1.807) is 0 Å². The molecule has 3 nitrogen and oxygen atoms in total. The molecule has 0 spiro atoms. The molecule has 1 atom stereocenters. The summed E-state index contributed by atoms with van der Waals surface area (Å²) in [6, 6.07) is 0. The number of hydrogen-bond acceptors (Lipinski definition) is 3. The number of rotatable bonds is 5. The van der Waals surface area contributed by atoms with Crippen LogP contribution in [0.1, 0.15) is 26.7 Å². The van der Waals surface area contributed by atoms with Gasteiger partial charge >= 0.3 is 5.97 Å². The SMILES string of the molecule is CC/C(=C/CN1CCSC(CC)C1)C(=O)O. The molecule has 0 aliphatic carbocycles. The molecule has 4 heteroatoms. The van der Waals surface area contributed by atoms with Crippen molar-refractivity contribution in [1.82, 2.24) is 4.90 Å². The molecule has 1 heterocycles. The average Bonchev–Trinajstić information content (AvgIpc) is 2.29. The highest BCUT2D eigenvalue weighted by Crippen LogP contribution is 2.20. The summed E-state index contributed by atoms with van der Waals surface area (Å²) >= 11 is 2.03. The summed E-state index contributed by atoms with van der Waals surface area (Å²) in [7, 11) is 0. The fraction of sp³-hybridized carbons (Fsp3) is 0.750. The summed E-state index contributed by atoms with van der Waals surface area (Å²) < 4.78 is 0. The van der Waals surface area contributed by atoms with E-state index in [9.17, 15) is 4.79 Å². The summed E-state index contributed by atoms with van der Waals surface area (Å²) in [5, 5.41) is 9.63. The first kappa shape index (κ1) is 13.6. The Kier molecular flexibility index (Phi) is 5.91. The fourth-order valence-corrected chi connectivity index (χ4v) is 3.06. The summed E-state index contributed by atoms with van der Waals surface area (Å²) in [5.41, 5.74) is 0.534. The Morgan fingerprint density at radius 1 is 1.56 bits per heavy atom. The van der Waals surface area contributed by atoms with Crippen molar-refractivity contribution in [2.24, 2.45) is 0 Å². The van der Waals surface area contributed by atoms with Gasteiger partial charge in [0.2, 0.25) is 0 Å². The van der Waals surface area contributed by atoms with Crippen LogP contribution in [0, 0.1) is 0 Å². The Labute approximate surface area is 102 Å². The van der Waals surface area contributed by atoms with E-state index in [1.807, 2.05) is 24.8 Å². The standard InChI is InChI=1S/C12H21NO2S/c1-3-10(12(14)15)5-6-13-7-8-16-11(4-2)9-13/h5,11H,3-4,6-9H2,1-2H3,(H,14,15)/b10-5-. The number of carboxylic acid groups (broad SMARTS) is 1. The van der Waals surface area contributed by atoms with Gasteiger partial charge in [-0.25, -0.2) is 4.79 Å². The Hall–Kier alpha value is -0.480. The van der Waals surface area contributed by atoms with Crippen molar-refractivity contribution >= 4 is 17.7 Å². The number of carboxylic acids is 1. The van der Waals surface area contributed by atoms with Gasteiger partial charge in [0.1, 0.15) is 0 Å². The lowest BCUT2D eigenvalue weighted by atomic mass is 10.2. The van der Waals surface area contributed by atoms with Crippen LogP contribution >= 0.6 is 11.8 Å². The largest absolute Gasteiger partial charge is 0.478 e. The lowest BCUT2D eigenvalue weighted by molar-refractivity contribution is -0.132. The Bertz CT molecular complexity index is 266. The van der Waals surface area contributed by atoms with Gasteiger partial charge in [-0.15, -0.1) is 0 Å². The highest BCUT2D eigenvalue weighted by atomic mass is 32.2. The minimum atomic E-state index is -0.777. The number of hydrogen-bond donors (Lipinski definition) is 1. The summed E-state index contributed by atoms with van der Waals surface area (Å²) in [6.07, 6.45) is 3.67. The van der Waals surface area contributed by atoms with E-state index in [2.05, 4.69) is 11.8 Å². The molecule has 0 bridgehead atoms. The minimum Gasteiger partial charge on any atom is -0.478 e. The highest BCUT2D eigenvalue weighted by Gasteiger charge is 2.18. The van der Waals surface area contributed by atoms with Crippen LogP contribution in [0.4, 0.5) is 0 Å². The maximum absolute atomic E-state index is 10.8. The van der Waals surface area contributed by atoms with E-state index in [1.165, 1.54) is 12.2 Å². The van der Waals surface area contributed by atoms with Crippen LogP contribution < -0.4 is 0 Å². The molecule has 0 aromatic carbocycles. The van der Waals surface area contributed by atoms with Crippen molar-refractivity contribution < 1.29 is 9.90 Å². The molecule has 1 unspecified atom stereocenters. The summed E-state index contributed by atoms with van der Waals surface area (Å²) in [5.74, 6) is 0.391. The first-order chi connectivity index (χ1) is 7.67. The van der Waals surface area contributed by atoms with Crippen molar-refractivity contribution in [2.45, 2.75) is 31.9 Å². The minimum absolute atomic E-state index is 0.534. The van der Waals surface area contributed by atoms with Gasteiger partial charge in [-0.2, -0.15) is 11.8 Å². The molecule has 1 fully saturated rings. The van der Waals surface area contributed by atoms with Crippen LogP contribution in [0.25, 0.3) is 0 Å². The molecule has 1 N–H and O–H groups in total. The van der Waals surface area contributed by atoms with Crippen molar-refractivity contribution in [3.8, 4) is 0 Å². The zero-order valence-corrected chi connectivity index (χ0v) is 10.9. The van der Waals surface area contributed by atoms with Crippen LogP contribution in [-0.2, 0) is 4.79 Å². The second kappa shape index (κ2) is 6.97. The number of nitrogens with zero attached hydrogens (tertiary/aromatic N) is 1. The summed E-state index contributed by atoms with van der Waals surface area (Å²) in [4.78, 5) is 13.2. The van der Waals surface area contributed by atoms with Crippen LogP contribution in [0.2, 0.25) is 0 Å². The lowest BCUT2D eigenvalue weighted by Crippen LogP contribution is -2.37. The number of aliphatic carboxylic acids is 1. The van der Waals surface area contributed by atoms with E-state index in [0.717, 1.165) is 24.9 Å². The van der Waals surface area contributed by atoms with Gasteiger partial charge < -0.3 is 5.11 Å². The van der Waals surface area contributed by atoms with E-state index in [0.29, 0.717) is 12.0 Å². The van der Waals surface area contributed by atoms with Gasteiger partial charge in [-0.05, 0) is 12.8 Å².